The standard InChI is InChI=1S/C17H14N2O3S2/c1-10(14-3-2-6-23-14)19-16(20)15-8-18-17(24-15)11-4-5-12-13(7-11)22-9-21-12/h2-8,10H,9H2,1H3,(H,19,20)/t10-/m1/s1. The average Bonchev–Trinajstić information content (AvgIpc) is 3.33. The second kappa shape index (κ2) is 6.26. The molecule has 3 heterocycles. The van der Waals surface area contributed by atoms with E-state index in [1.165, 1.54) is 11.3 Å². The van der Waals surface area contributed by atoms with Crippen molar-refractivity contribution in [2.75, 3.05) is 6.79 Å². The molecule has 0 radical (unpaired) electrons. The largest absolute Gasteiger partial charge is 0.454 e. The summed E-state index contributed by atoms with van der Waals surface area (Å²) in [6.45, 7) is 2.22. The van der Waals surface area contributed by atoms with Gasteiger partial charge >= 0.3 is 0 Å². The van der Waals surface area contributed by atoms with Crippen molar-refractivity contribution in [2.24, 2.45) is 0 Å². The fourth-order valence-corrected chi connectivity index (χ4v) is 3.97. The van der Waals surface area contributed by atoms with Crippen molar-refractivity contribution in [3.8, 4) is 22.1 Å². The molecule has 3 aromatic rings. The molecule has 0 saturated carbocycles. The number of amides is 1. The van der Waals surface area contributed by atoms with Gasteiger partial charge in [0.2, 0.25) is 6.79 Å². The van der Waals surface area contributed by atoms with E-state index in [9.17, 15) is 4.79 Å². The van der Waals surface area contributed by atoms with Crippen LogP contribution in [0.15, 0.2) is 41.9 Å². The molecule has 0 spiro atoms. The predicted molar refractivity (Wildman–Crippen MR) is 93.9 cm³/mol. The summed E-state index contributed by atoms with van der Waals surface area (Å²) >= 11 is 2.99. The van der Waals surface area contributed by atoms with Crippen LogP contribution >= 0.6 is 22.7 Å². The number of carbonyl (C=O) groups excluding carboxylic acids is 1. The third-order valence-corrected chi connectivity index (χ3v) is 5.77. The quantitative estimate of drug-likeness (QED) is 0.763. The molecule has 1 amide bonds. The Bertz CT molecular complexity index is 874. The lowest BCUT2D eigenvalue weighted by atomic mass is 10.2. The van der Waals surface area contributed by atoms with E-state index in [-0.39, 0.29) is 18.7 Å². The molecule has 122 valence electrons. The van der Waals surface area contributed by atoms with E-state index in [0.717, 1.165) is 21.2 Å². The highest BCUT2D eigenvalue weighted by atomic mass is 32.1. The molecule has 0 fully saturated rings. The Morgan fingerprint density at radius 2 is 2.17 bits per heavy atom. The summed E-state index contributed by atoms with van der Waals surface area (Å²) in [6.07, 6.45) is 1.61. The van der Waals surface area contributed by atoms with E-state index in [0.29, 0.717) is 10.6 Å². The number of rotatable bonds is 4. The Labute approximate surface area is 146 Å². The zero-order valence-electron chi connectivity index (χ0n) is 12.8. The highest BCUT2D eigenvalue weighted by Gasteiger charge is 2.18. The molecule has 1 aliphatic heterocycles. The molecule has 1 atom stereocenters. The smallest absolute Gasteiger partial charge is 0.263 e. The summed E-state index contributed by atoms with van der Waals surface area (Å²) in [5, 5.41) is 5.78. The maximum atomic E-state index is 12.4. The van der Waals surface area contributed by atoms with Crippen LogP contribution in [0.5, 0.6) is 11.5 Å². The van der Waals surface area contributed by atoms with Gasteiger partial charge in [-0.15, -0.1) is 22.7 Å². The van der Waals surface area contributed by atoms with Crippen LogP contribution in [-0.2, 0) is 0 Å². The molecule has 5 nitrogen and oxygen atoms in total. The summed E-state index contributed by atoms with van der Waals surface area (Å²) in [5.41, 5.74) is 0.912. The van der Waals surface area contributed by atoms with Crippen LogP contribution in [0.2, 0.25) is 0 Å². The first kappa shape index (κ1) is 15.2. The fourth-order valence-electron chi connectivity index (χ4n) is 2.42. The highest BCUT2D eigenvalue weighted by Crippen LogP contribution is 2.37. The predicted octanol–water partition coefficient (Wildman–Crippen LogP) is 4.09. The third-order valence-electron chi connectivity index (χ3n) is 3.67. The first-order valence-electron chi connectivity index (χ1n) is 7.41. The lowest BCUT2D eigenvalue weighted by Gasteiger charge is -2.10. The van der Waals surface area contributed by atoms with Crippen LogP contribution in [0.1, 0.15) is 27.5 Å². The third kappa shape index (κ3) is 2.88. The molecule has 1 aromatic carbocycles. The minimum absolute atomic E-state index is 0.0198. The molecule has 4 rings (SSSR count). The van der Waals surface area contributed by atoms with Crippen LogP contribution in [0.4, 0.5) is 0 Å². The van der Waals surface area contributed by atoms with Crippen LogP contribution < -0.4 is 14.8 Å². The SMILES string of the molecule is C[C@@H](NC(=O)c1cnc(-c2ccc3c(c2)OCO3)s1)c1cccs1. The maximum Gasteiger partial charge on any atom is 0.263 e. The normalized spacial score (nSPS) is 13.7. The Balaban J connectivity index is 1.51. The number of hydrogen-bond donors (Lipinski definition) is 1. The topological polar surface area (TPSA) is 60.5 Å². The number of hydrogen-bond acceptors (Lipinski definition) is 6. The van der Waals surface area contributed by atoms with Crippen LogP contribution in [-0.4, -0.2) is 17.7 Å². The Kier molecular flexibility index (Phi) is 3.95. The lowest BCUT2D eigenvalue weighted by Crippen LogP contribution is -2.25. The van der Waals surface area contributed by atoms with E-state index in [2.05, 4.69) is 10.3 Å². The van der Waals surface area contributed by atoms with Gasteiger partial charge in [0.05, 0.1) is 12.2 Å². The van der Waals surface area contributed by atoms with E-state index in [4.69, 9.17) is 9.47 Å². The molecular weight excluding hydrogens is 344 g/mol. The number of ether oxygens (including phenoxy) is 2. The van der Waals surface area contributed by atoms with E-state index in [1.807, 2.05) is 42.6 Å². The van der Waals surface area contributed by atoms with E-state index < -0.39 is 0 Å². The highest BCUT2D eigenvalue weighted by molar-refractivity contribution is 7.16. The van der Waals surface area contributed by atoms with Gasteiger partial charge in [0, 0.05) is 10.4 Å². The minimum Gasteiger partial charge on any atom is -0.454 e. The summed E-state index contributed by atoms with van der Waals surface area (Å²) in [4.78, 5) is 18.5. The molecule has 0 saturated heterocycles. The number of thiazole rings is 1. The number of carbonyl (C=O) groups is 1. The van der Waals surface area contributed by atoms with Gasteiger partial charge < -0.3 is 14.8 Å². The van der Waals surface area contributed by atoms with Crippen molar-refractivity contribution in [1.29, 1.82) is 0 Å². The maximum absolute atomic E-state index is 12.4. The van der Waals surface area contributed by atoms with Gasteiger partial charge in [0.25, 0.3) is 5.91 Å². The van der Waals surface area contributed by atoms with Crippen LogP contribution in [0, 0.1) is 0 Å². The van der Waals surface area contributed by atoms with Gasteiger partial charge in [-0.1, -0.05) is 6.07 Å². The first-order valence-corrected chi connectivity index (χ1v) is 9.10. The van der Waals surface area contributed by atoms with Crippen LogP contribution in [0.3, 0.4) is 0 Å². The number of thiophene rings is 1. The Morgan fingerprint density at radius 3 is 3.00 bits per heavy atom. The molecule has 2 aromatic heterocycles. The average molecular weight is 358 g/mol. The number of nitrogens with zero attached hydrogens (tertiary/aromatic N) is 1. The second-order valence-electron chi connectivity index (χ2n) is 5.31. The van der Waals surface area contributed by atoms with Crippen LogP contribution in [0.25, 0.3) is 10.6 Å². The molecule has 0 bridgehead atoms. The second-order valence-corrected chi connectivity index (χ2v) is 7.32. The monoisotopic (exact) mass is 358 g/mol. The zero-order valence-corrected chi connectivity index (χ0v) is 14.4. The number of aromatic nitrogens is 1. The van der Waals surface area contributed by atoms with Crippen molar-refractivity contribution in [3.63, 3.8) is 0 Å². The fraction of sp³-hybridized carbons (Fsp3) is 0.176. The van der Waals surface area contributed by atoms with Gasteiger partial charge in [-0.05, 0) is 36.6 Å². The molecule has 0 unspecified atom stereocenters. The van der Waals surface area contributed by atoms with Crippen molar-refractivity contribution in [1.82, 2.24) is 10.3 Å². The number of nitrogens with one attached hydrogen (secondary N) is 1. The first-order chi connectivity index (χ1) is 11.7. The van der Waals surface area contributed by atoms with Gasteiger partial charge in [0.15, 0.2) is 11.5 Å². The summed E-state index contributed by atoms with van der Waals surface area (Å²) in [5.74, 6) is 1.33. The number of fused-ring (bicyclic) bond motifs is 1. The molecule has 0 aliphatic carbocycles. The van der Waals surface area contributed by atoms with Gasteiger partial charge in [0.1, 0.15) is 9.88 Å². The van der Waals surface area contributed by atoms with Crippen molar-refractivity contribution in [2.45, 2.75) is 13.0 Å². The van der Waals surface area contributed by atoms with E-state index in [1.54, 1.807) is 17.5 Å². The molecule has 24 heavy (non-hydrogen) atoms. The molecule has 1 aliphatic rings. The van der Waals surface area contributed by atoms with Gasteiger partial charge in [-0.3, -0.25) is 4.79 Å². The Hall–Kier alpha value is -2.38. The summed E-state index contributed by atoms with van der Waals surface area (Å²) < 4.78 is 10.7. The van der Waals surface area contributed by atoms with Crippen molar-refractivity contribution < 1.29 is 14.3 Å². The van der Waals surface area contributed by atoms with Crippen molar-refractivity contribution in [3.05, 3.63) is 51.7 Å². The van der Waals surface area contributed by atoms with Gasteiger partial charge in [-0.2, -0.15) is 0 Å². The molecule has 7 heteroatoms. The lowest BCUT2D eigenvalue weighted by molar-refractivity contribution is 0.0944. The molecular formula is C17H14N2O3S2. The summed E-state index contributed by atoms with van der Waals surface area (Å²) in [7, 11) is 0. The molecule has 1 N–H and O–H groups in total. The van der Waals surface area contributed by atoms with Gasteiger partial charge in [-0.25, -0.2) is 4.98 Å². The van der Waals surface area contributed by atoms with Crippen molar-refractivity contribution >= 4 is 28.6 Å². The Morgan fingerprint density at radius 1 is 1.29 bits per heavy atom. The van der Waals surface area contributed by atoms with E-state index >= 15 is 0 Å². The number of benzene rings is 1. The minimum atomic E-state index is -0.111. The summed E-state index contributed by atoms with van der Waals surface area (Å²) in [6, 6.07) is 9.64. The zero-order chi connectivity index (χ0) is 16.5.